The van der Waals surface area contributed by atoms with Gasteiger partial charge in [0.25, 0.3) is 0 Å². The summed E-state index contributed by atoms with van der Waals surface area (Å²) in [5.41, 5.74) is 7.80. The van der Waals surface area contributed by atoms with Gasteiger partial charge in [0.1, 0.15) is 0 Å². The first-order valence-corrected chi connectivity index (χ1v) is 5.57. The highest BCUT2D eigenvalue weighted by molar-refractivity contribution is 5.83. The second-order valence-electron chi connectivity index (χ2n) is 3.86. The third kappa shape index (κ3) is 4.26. The summed E-state index contributed by atoms with van der Waals surface area (Å²) in [7, 11) is 1.39. The van der Waals surface area contributed by atoms with Gasteiger partial charge in [0.15, 0.2) is 6.29 Å². The first kappa shape index (κ1) is 13.2. The number of ether oxygens (including phenoxy) is 1. The Balaban J connectivity index is 2.39. The second kappa shape index (κ2) is 6.68. The molecule has 2 N–H and O–H groups in total. The van der Waals surface area contributed by atoms with Gasteiger partial charge in [-0.3, -0.25) is 9.59 Å². The van der Waals surface area contributed by atoms with Gasteiger partial charge in [-0.2, -0.15) is 0 Å². The average Bonchev–Trinajstić information content (AvgIpc) is 2.34. The minimum absolute atomic E-state index is 0.180. The molecule has 1 aromatic carbocycles. The van der Waals surface area contributed by atoms with Gasteiger partial charge >= 0.3 is 5.97 Å². The monoisotopic (exact) mass is 235 g/mol. The molecule has 1 aromatic rings. The van der Waals surface area contributed by atoms with Crippen molar-refractivity contribution in [3.05, 3.63) is 29.3 Å². The summed E-state index contributed by atoms with van der Waals surface area (Å²) in [6, 6.07) is 5.41. The highest BCUT2D eigenvalue weighted by atomic mass is 16.5. The molecule has 0 aliphatic heterocycles. The molecule has 0 radical (unpaired) electrons. The second-order valence-corrected chi connectivity index (χ2v) is 3.86. The van der Waals surface area contributed by atoms with E-state index in [-0.39, 0.29) is 5.97 Å². The summed E-state index contributed by atoms with van der Waals surface area (Å²) in [4.78, 5) is 21.5. The van der Waals surface area contributed by atoms with Crippen LogP contribution in [-0.4, -0.2) is 19.4 Å². The molecule has 0 heterocycles. The molecule has 0 bridgehead atoms. The quantitative estimate of drug-likeness (QED) is 0.354. The molecule has 0 atom stereocenters. The molecule has 0 amide bonds. The fraction of sp³-hybridized carbons (Fsp3) is 0.385. The molecule has 0 aliphatic carbocycles. The molecule has 0 aliphatic rings. The normalized spacial score (nSPS) is 9.94. The minimum atomic E-state index is -0.180. The Hall–Kier alpha value is -1.84. The number of hydrogen-bond acceptors (Lipinski definition) is 4. The van der Waals surface area contributed by atoms with Crippen LogP contribution in [0.3, 0.4) is 0 Å². The van der Waals surface area contributed by atoms with E-state index in [1.165, 1.54) is 7.11 Å². The lowest BCUT2D eigenvalue weighted by molar-refractivity contribution is -0.140. The van der Waals surface area contributed by atoms with Crippen molar-refractivity contribution in [3.63, 3.8) is 0 Å². The van der Waals surface area contributed by atoms with Crippen molar-refractivity contribution in [2.24, 2.45) is 0 Å². The number of aldehydes is 1. The Morgan fingerprint density at radius 3 is 2.76 bits per heavy atom. The molecule has 0 fully saturated rings. The Kier molecular flexibility index (Phi) is 5.20. The van der Waals surface area contributed by atoms with Crippen molar-refractivity contribution in [3.8, 4) is 0 Å². The topological polar surface area (TPSA) is 69.4 Å². The summed E-state index contributed by atoms with van der Waals surface area (Å²) in [5.74, 6) is -0.180. The van der Waals surface area contributed by atoms with Gasteiger partial charge in [-0.25, -0.2) is 0 Å². The molecule has 0 spiro atoms. The molecule has 4 heteroatoms. The fourth-order valence-corrected chi connectivity index (χ4v) is 1.59. The van der Waals surface area contributed by atoms with Crippen LogP contribution in [0.25, 0.3) is 0 Å². The van der Waals surface area contributed by atoms with E-state index in [0.29, 0.717) is 17.7 Å². The zero-order chi connectivity index (χ0) is 12.7. The smallest absolute Gasteiger partial charge is 0.305 e. The number of nitrogen functional groups attached to an aromatic ring is 1. The summed E-state index contributed by atoms with van der Waals surface area (Å²) in [6.45, 7) is 0. The molecule has 92 valence electrons. The number of aryl methyl sites for hydroxylation is 1. The van der Waals surface area contributed by atoms with Crippen LogP contribution in [0.2, 0.25) is 0 Å². The zero-order valence-electron chi connectivity index (χ0n) is 9.94. The van der Waals surface area contributed by atoms with E-state index < -0.39 is 0 Å². The summed E-state index contributed by atoms with van der Waals surface area (Å²) in [6.07, 6.45) is 3.73. The largest absolute Gasteiger partial charge is 0.469 e. The molecule has 0 saturated carbocycles. The number of carbonyl (C=O) groups is 2. The number of benzene rings is 1. The van der Waals surface area contributed by atoms with Gasteiger partial charge in [-0.05, 0) is 37.0 Å². The van der Waals surface area contributed by atoms with Crippen molar-refractivity contribution in [2.75, 3.05) is 12.8 Å². The van der Waals surface area contributed by atoms with Gasteiger partial charge in [-0.1, -0.05) is 6.07 Å². The number of rotatable bonds is 6. The van der Waals surface area contributed by atoms with Gasteiger partial charge < -0.3 is 10.5 Å². The highest BCUT2D eigenvalue weighted by Crippen LogP contribution is 2.14. The molecule has 0 unspecified atom stereocenters. The first-order chi connectivity index (χ1) is 8.17. The molecule has 4 nitrogen and oxygen atoms in total. The van der Waals surface area contributed by atoms with Crippen molar-refractivity contribution in [1.82, 2.24) is 0 Å². The van der Waals surface area contributed by atoms with Crippen LogP contribution in [-0.2, 0) is 16.0 Å². The number of esters is 1. The van der Waals surface area contributed by atoms with Crippen LogP contribution in [0.15, 0.2) is 18.2 Å². The summed E-state index contributed by atoms with van der Waals surface area (Å²) < 4.78 is 4.55. The van der Waals surface area contributed by atoms with Gasteiger partial charge in [0.05, 0.1) is 7.11 Å². The van der Waals surface area contributed by atoms with E-state index in [2.05, 4.69) is 4.74 Å². The fourth-order valence-electron chi connectivity index (χ4n) is 1.59. The van der Waals surface area contributed by atoms with Gasteiger partial charge in [-0.15, -0.1) is 0 Å². The molecule has 0 saturated heterocycles. The SMILES string of the molecule is COC(=O)CCCCc1ccc(C=O)c(N)c1. The predicted octanol–water partition coefficient (Wildman–Crippen LogP) is 1.97. The van der Waals surface area contributed by atoms with Crippen molar-refractivity contribution in [1.29, 1.82) is 0 Å². The molecular formula is C13H17NO3. The lowest BCUT2D eigenvalue weighted by Crippen LogP contribution is -2.00. The van der Waals surface area contributed by atoms with Crippen LogP contribution in [0.4, 0.5) is 5.69 Å². The standard InChI is InChI=1S/C13H17NO3/c1-17-13(16)5-3-2-4-10-6-7-11(9-15)12(14)8-10/h6-9H,2-5,14H2,1H3. The van der Waals surface area contributed by atoms with Crippen LogP contribution >= 0.6 is 0 Å². The number of carbonyl (C=O) groups excluding carboxylic acids is 2. The van der Waals surface area contributed by atoms with Crippen LogP contribution in [0, 0.1) is 0 Å². The average molecular weight is 235 g/mol. The highest BCUT2D eigenvalue weighted by Gasteiger charge is 2.02. The van der Waals surface area contributed by atoms with E-state index >= 15 is 0 Å². The lowest BCUT2D eigenvalue weighted by Gasteiger charge is -2.04. The summed E-state index contributed by atoms with van der Waals surface area (Å²) >= 11 is 0. The molecule has 0 aromatic heterocycles. The maximum atomic E-state index is 10.9. The summed E-state index contributed by atoms with van der Waals surface area (Å²) in [5, 5.41) is 0. The van der Waals surface area contributed by atoms with Crippen molar-refractivity contribution < 1.29 is 14.3 Å². The Bertz CT molecular complexity index is 402. The molecule has 17 heavy (non-hydrogen) atoms. The van der Waals surface area contributed by atoms with Crippen LogP contribution in [0.1, 0.15) is 35.2 Å². The van der Waals surface area contributed by atoms with E-state index in [1.807, 2.05) is 12.1 Å². The van der Waals surface area contributed by atoms with Crippen LogP contribution in [0.5, 0.6) is 0 Å². The van der Waals surface area contributed by atoms with Crippen LogP contribution < -0.4 is 5.73 Å². The Labute approximate surface area is 101 Å². The number of unbranched alkanes of at least 4 members (excludes halogenated alkanes) is 1. The number of hydrogen-bond donors (Lipinski definition) is 1. The Morgan fingerprint density at radius 2 is 2.18 bits per heavy atom. The predicted molar refractivity (Wildman–Crippen MR) is 65.8 cm³/mol. The van der Waals surface area contributed by atoms with E-state index in [0.717, 1.165) is 31.1 Å². The lowest BCUT2D eigenvalue weighted by atomic mass is 10.0. The van der Waals surface area contributed by atoms with Crippen molar-refractivity contribution >= 4 is 17.9 Å². The molecule has 1 rings (SSSR count). The minimum Gasteiger partial charge on any atom is -0.469 e. The van der Waals surface area contributed by atoms with E-state index in [1.54, 1.807) is 6.07 Å². The number of anilines is 1. The van der Waals surface area contributed by atoms with Crippen molar-refractivity contribution in [2.45, 2.75) is 25.7 Å². The van der Waals surface area contributed by atoms with Gasteiger partial charge in [0.2, 0.25) is 0 Å². The molecular weight excluding hydrogens is 218 g/mol. The maximum absolute atomic E-state index is 10.9. The Morgan fingerprint density at radius 1 is 1.41 bits per heavy atom. The third-order valence-electron chi connectivity index (χ3n) is 2.60. The number of nitrogens with two attached hydrogens (primary N) is 1. The first-order valence-electron chi connectivity index (χ1n) is 5.57. The zero-order valence-corrected chi connectivity index (χ0v) is 9.94. The maximum Gasteiger partial charge on any atom is 0.305 e. The number of methoxy groups -OCH3 is 1. The van der Waals surface area contributed by atoms with E-state index in [9.17, 15) is 9.59 Å². The third-order valence-corrected chi connectivity index (χ3v) is 2.60. The van der Waals surface area contributed by atoms with Gasteiger partial charge in [0, 0.05) is 17.7 Å². The van der Waals surface area contributed by atoms with E-state index in [4.69, 9.17) is 5.73 Å².